The number of carbonyl (C=O) groups is 1. The zero-order chi connectivity index (χ0) is 18.3. The number of carbonyl (C=O) groups excluding carboxylic acids is 1. The maximum absolute atomic E-state index is 13.0. The van der Waals surface area contributed by atoms with Gasteiger partial charge in [0.15, 0.2) is 5.82 Å². The highest BCUT2D eigenvalue weighted by molar-refractivity contribution is 6.08. The molecule has 0 aliphatic carbocycles. The van der Waals surface area contributed by atoms with Gasteiger partial charge in [0, 0.05) is 18.8 Å². The Morgan fingerprint density at radius 1 is 1.23 bits per heavy atom. The molecule has 3 heterocycles. The van der Waals surface area contributed by atoms with Crippen molar-refractivity contribution in [3.8, 4) is 5.82 Å². The molecule has 0 bridgehead atoms. The highest BCUT2D eigenvalue weighted by Gasteiger charge is 2.32. The van der Waals surface area contributed by atoms with E-state index in [1.165, 1.54) is 12.3 Å². The van der Waals surface area contributed by atoms with E-state index in [0.717, 1.165) is 0 Å². The van der Waals surface area contributed by atoms with Gasteiger partial charge in [-0.15, -0.1) is 0 Å². The van der Waals surface area contributed by atoms with Crippen LogP contribution in [0, 0.1) is 17.0 Å². The summed E-state index contributed by atoms with van der Waals surface area (Å²) in [5.41, 5.74) is 2.37. The van der Waals surface area contributed by atoms with E-state index in [1.54, 1.807) is 34.8 Å². The molecule has 130 valence electrons. The number of benzene rings is 1. The Kier molecular flexibility index (Phi) is 3.72. The second-order valence-corrected chi connectivity index (χ2v) is 5.98. The maximum atomic E-state index is 13.0. The average Bonchev–Trinajstić information content (AvgIpc) is 3.25. The number of nitro benzene ring substituents is 1. The SMILES string of the molecule is Cc1c(C(=O)N2CCc3c2cccc3[N+](=O)[O-])cnn1-c1ccccn1. The van der Waals surface area contributed by atoms with E-state index in [0.29, 0.717) is 41.3 Å². The van der Waals surface area contributed by atoms with E-state index < -0.39 is 4.92 Å². The molecule has 0 saturated carbocycles. The lowest BCUT2D eigenvalue weighted by molar-refractivity contribution is -0.385. The van der Waals surface area contributed by atoms with Crippen LogP contribution in [0.5, 0.6) is 0 Å². The molecule has 4 rings (SSSR count). The minimum absolute atomic E-state index is 0.0544. The number of rotatable bonds is 3. The first kappa shape index (κ1) is 15.9. The van der Waals surface area contributed by atoms with Crippen LogP contribution in [0.2, 0.25) is 0 Å². The van der Waals surface area contributed by atoms with E-state index in [-0.39, 0.29) is 11.6 Å². The van der Waals surface area contributed by atoms with E-state index in [9.17, 15) is 14.9 Å². The molecule has 0 saturated heterocycles. The van der Waals surface area contributed by atoms with Crippen molar-refractivity contribution in [2.45, 2.75) is 13.3 Å². The molecular formula is C18H15N5O3. The van der Waals surface area contributed by atoms with Crippen LogP contribution < -0.4 is 4.90 Å². The minimum Gasteiger partial charge on any atom is -0.307 e. The van der Waals surface area contributed by atoms with Crippen LogP contribution in [0.15, 0.2) is 48.8 Å². The number of pyridine rings is 1. The summed E-state index contributed by atoms with van der Waals surface area (Å²) in [7, 11) is 0. The lowest BCUT2D eigenvalue weighted by Crippen LogP contribution is -2.29. The predicted molar refractivity (Wildman–Crippen MR) is 94.6 cm³/mol. The number of hydrogen-bond acceptors (Lipinski definition) is 5. The Morgan fingerprint density at radius 2 is 2.08 bits per heavy atom. The van der Waals surface area contributed by atoms with Gasteiger partial charge in [0.25, 0.3) is 11.6 Å². The van der Waals surface area contributed by atoms with Crippen LogP contribution >= 0.6 is 0 Å². The smallest absolute Gasteiger partial charge is 0.274 e. The Morgan fingerprint density at radius 3 is 2.81 bits per heavy atom. The van der Waals surface area contributed by atoms with Crippen molar-refractivity contribution in [1.29, 1.82) is 0 Å². The molecule has 0 atom stereocenters. The standard InChI is InChI=1S/C18H15N5O3/c1-12-14(11-20-22(12)17-7-2-3-9-19-17)18(24)21-10-8-13-15(21)5-4-6-16(13)23(25)26/h2-7,9,11H,8,10H2,1H3. The van der Waals surface area contributed by atoms with Gasteiger partial charge < -0.3 is 4.90 Å². The van der Waals surface area contributed by atoms with Gasteiger partial charge in [-0.3, -0.25) is 14.9 Å². The zero-order valence-electron chi connectivity index (χ0n) is 14.0. The van der Waals surface area contributed by atoms with Gasteiger partial charge in [-0.1, -0.05) is 12.1 Å². The number of amides is 1. The highest BCUT2D eigenvalue weighted by atomic mass is 16.6. The van der Waals surface area contributed by atoms with Gasteiger partial charge in [-0.05, 0) is 31.5 Å². The monoisotopic (exact) mass is 349 g/mol. The fourth-order valence-electron chi connectivity index (χ4n) is 3.27. The van der Waals surface area contributed by atoms with Crippen molar-refractivity contribution in [1.82, 2.24) is 14.8 Å². The van der Waals surface area contributed by atoms with Crippen LogP contribution in [0.3, 0.4) is 0 Å². The fraction of sp³-hybridized carbons (Fsp3) is 0.167. The summed E-state index contributed by atoms with van der Waals surface area (Å²) in [6.45, 7) is 2.21. The summed E-state index contributed by atoms with van der Waals surface area (Å²) in [6, 6.07) is 10.3. The zero-order valence-corrected chi connectivity index (χ0v) is 14.0. The number of aromatic nitrogens is 3. The van der Waals surface area contributed by atoms with Crippen molar-refractivity contribution < 1.29 is 9.72 Å². The third-order valence-electron chi connectivity index (χ3n) is 4.55. The quantitative estimate of drug-likeness (QED) is 0.535. The summed E-state index contributed by atoms with van der Waals surface area (Å²) in [6.07, 6.45) is 3.64. The van der Waals surface area contributed by atoms with Crippen molar-refractivity contribution >= 4 is 17.3 Å². The van der Waals surface area contributed by atoms with Crippen LogP contribution in [0.25, 0.3) is 5.82 Å². The molecule has 0 radical (unpaired) electrons. The second kappa shape index (κ2) is 6.07. The summed E-state index contributed by atoms with van der Waals surface area (Å²) in [5.74, 6) is 0.408. The van der Waals surface area contributed by atoms with Crippen molar-refractivity contribution in [2.24, 2.45) is 0 Å². The minimum atomic E-state index is -0.406. The number of nitro groups is 1. The predicted octanol–water partition coefficient (Wildman–Crippen LogP) is 2.69. The Labute approximate surface area is 148 Å². The van der Waals surface area contributed by atoms with Crippen molar-refractivity contribution in [3.05, 3.63) is 75.7 Å². The highest BCUT2D eigenvalue weighted by Crippen LogP contribution is 2.35. The first-order valence-corrected chi connectivity index (χ1v) is 8.12. The topological polar surface area (TPSA) is 94.2 Å². The summed E-state index contributed by atoms with van der Waals surface area (Å²) in [5, 5.41) is 15.5. The molecule has 0 N–H and O–H groups in total. The number of fused-ring (bicyclic) bond motifs is 1. The number of hydrogen-bond donors (Lipinski definition) is 0. The molecule has 8 heteroatoms. The van der Waals surface area contributed by atoms with E-state index in [1.807, 2.05) is 18.2 Å². The first-order chi connectivity index (χ1) is 12.6. The van der Waals surface area contributed by atoms with Crippen LogP contribution in [0.4, 0.5) is 11.4 Å². The summed E-state index contributed by atoms with van der Waals surface area (Å²) < 4.78 is 1.61. The van der Waals surface area contributed by atoms with Crippen molar-refractivity contribution in [3.63, 3.8) is 0 Å². The molecule has 3 aromatic rings. The molecule has 0 spiro atoms. The molecule has 8 nitrogen and oxygen atoms in total. The normalized spacial score (nSPS) is 12.9. The lowest BCUT2D eigenvalue weighted by atomic mass is 10.1. The third kappa shape index (κ3) is 2.43. The Hall–Kier alpha value is -3.55. The molecule has 1 aliphatic rings. The molecule has 2 aromatic heterocycles. The Bertz CT molecular complexity index is 1010. The largest absolute Gasteiger partial charge is 0.307 e. The average molecular weight is 349 g/mol. The van der Waals surface area contributed by atoms with Gasteiger partial charge in [0.1, 0.15) is 0 Å². The van der Waals surface area contributed by atoms with E-state index in [2.05, 4.69) is 10.1 Å². The van der Waals surface area contributed by atoms with Gasteiger partial charge in [0.2, 0.25) is 0 Å². The molecule has 1 amide bonds. The fourth-order valence-corrected chi connectivity index (χ4v) is 3.27. The van der Waals surface area contributed by atoms with Crippen molar-refractivity contribution in [2.75, 3.05) is 11.4 Å². The maximum Gasteiger partial charge on any atom is 0.274 e. The molecule has 1 aliphatic heterocycles. The second-order valence-electron chi connectivity index (χ2n) is 5.98. The number of nitrogens with zero attached hydrogens (tertiary/aromatic N) is 5. The molecule has 0 unspecified atom stereocenters. The number of anilines is 1. The van der Waals surface area contributed by atoms with Crippen LogP contribution in [-0.2, 0) is 6.42 Å². The molecule has 26 heavy (non-hydrogen) atoms. The van der Waals surface area contributed by atoms with Gasteiger partial charge in [-0.25, -0.2) is 9.67 Å². The summed E-state index contributed by atoms with van der Waals surface area (Å²) >= 11 is 0. The lowest BCUT2D eigenvalue weighted by Gasteiger charge is -2.17. The van der Waals surface area contributed by atoms with E-state index >= 15 is 0 Å². The molecule has 0 fully saturated rings. The third-order valence-corrected chi connectivity index (χ3v) is 4.55. The van der Waals surface area contributed by atoms with Gasteiger partial charge in [-0.2, -0.15) is 5.10 Å². The van der Waals surface area contributed by atoms with Gasteiger partial charge >= 0.3 is 0 Å². The summed E-state index contributed by atoms with van der Waals surface area (Å²) in [4.78, 5) is 29.7. The van der Waals surface area contributed by atoms with Crippen LogP contribution in [0.1, 0.15) is 21.6 Å². The molecule has 1 aromatic carbocycles. The van der Waals surface area contributed by atoms with E-state index in [4.69, 9.17) is 0 Å². The molecular weight excluding hydrogens is 334 g/mol. The van der Waals surface area contributed by atoms with Crippen LogP contribution in [-0.4, -0.2) is 32.1 Å². The first-order valence-electron chi connectivity index (χ1n) is 8.12. The Balaban J connectivity index is 1.71. The van der Waals surface area contributed by atoms with Gasteiger partial charge in [0.05, 0.1) is 33.6 Å².